The molecule has 2 heterocycles. The van der Waals surface area contributed by atoms with E-state index in [0.29, 0.717) is 10.8 Å². The third-order valence-corrected chi connectivity index (χ3v) is 7.46. The maximum atomic E-state index is 12.7. The van der Waals surface area contributed by atoms with Crippen LogP contribution in [-0.2, 0) is 10.0 Å². The fourth-order valence-electron chi connectivity index (χ4n) is 2.44. The highest BCUT2D eigenvalue weighted by molar-refractivity contribution is 9.11. The molecule has 7 heteroatoms. The minimum Gasteiger partial charge on any atom is -0.320 e. The molecule has 1 aromatic heterocycles. The maximum absolute atomic E-state index is 12.7. The Kier molecular flexibility index (Phi) is 5.42. The van der Waals surface area contributed by atoms with Gasteiger partial charge in [0.05, 0.1) is 3.79 Å². The summed E-state index contributed by atoms with van der Waals surface area (Å²) in [6.07, 6.45) is 3.92. The summed E-state index contributed by atoms with van der Waals surface area (Å²) < 4.78 is 28.3. The molecule has 0 radical (unpaired) electrons. The van der Waals surface area contributed by atoms with Crippen molar-refractivity contribution in [2.24, 2.45) is 0 Å². The third-order valence-electron chi connectivity index (χ3n) is 3.41. The first-order valence-electron chi connectivity index (χ1n) is 6.47. The highest BCUT2D eigenvalue weighted by Gasteiger charge is 2.33. The van der Waals surface area contributed by atoms with Gasteiger partial charge in [-0.2, -0.15) is 4.31 Å². The van der Waals surface area contributed by atoms with Gasteiger partial charge in [-0.25, -0.2) is 8.42 Å². The lowest BCUT2D eigenvalue weighted by Gasteiger charge is -2.34. The van der Waals surface area contributed by atoms with Crippen molar-refractivity contribution < 1.29 is 8.42 Å². The van der Waals surface area contributed by atoms with Crippen LogP contribution in [0.3, 0.4) is 0 Å². The van der Waals surface area contributed by atoms with Crippen LogP contribution in [0, 0.1) is 0 Å². The molecule has 4 nitrogen and oxygen atoms in total. The number of hydrogen-bond donors (Lipinski definition) is 1. The molecule has 1 aromatic rings. The van der Waals surface area contributed by atoms with Crippen LogP contribution in [0.4, 0.5) is 0 Å². The van der Waals surface area contributed by atoms with E-state index in [1.54, 1.807) is 16.4 Å². The second kappa shape index (κ2) is 6.67. The van der Waals surface area contributed by atoms with Gasteiger partial charge in [-0.3, -0.25) is 0 Å². The van der Waals surface area contributed by atoms with Gasteiger partial charge in [-0.15, -0.1) is 11.3 Å². The number of thiophene rings is 1. The van der Waals surface area contributed by atoms with Gasteiger partial charge in [-0.05, 0) is 60.9 Å². The summed E-state index contributed by atoms with van der Waals surface area (Å²) in [5, 5.41) is 3.10. The Labute approximate surface area is 127 Å². The predicted molar refractivity (Wildman–Crippen MR) is 82.1 cm³/mol. The molecular weight excluding hydrogens is 348 g/mol. The van der Waals surface area contributed by atoms with Crippen LogP contribution in [0.15, 0.2) is 20.1 Å². The van der Waals surface area contributed by atoms with Gasteiger partial charge >= 0.3 is 0 Å². The van der Waals surface area contributed by atoms with E-state index >= 15 is 0 Å². The molecule has 0 aromatic carbocycles. The Morgan fingerprint density at radius 3 is 2.89 bits per heavy atom. The smallest absolute Gasteiger partial charge is 0.252 e. The Morgan fingerprint density at radius 1 is 1.47 bits per heavy atom. The van der Waals surface area contributed by atoms with E-state index in [1.165, 1.54) is 11.3 Å². The standard InChI is InChI=1S/C12H19BrN2O2S2/c1-14-8-7-10-4-2-3-9-15(10)19(16,17)12-6-5-11(13)18-12/h5-6,10,14H,2-4,7-9H2,1H3. The fourth-order valence-corrected chi connectivity index (χ4v) is 6.30. The Bertz CT molecular complexity index is 516. The zero-order valence-corrected chi connectivity index (χ0v) is 14.2. The SMILES string of the molecule is CNCCC1CCCCN1S(=O)(=O)c1ccc(Br)s1. The van der Waals surface area contributed by atoms with Gasteiger partial charge in [-0.1, -0.05) is 6.42 Å². The molecule has 108 valence electrons. The lowest BCUT2D eigenvalue weighted by atomic mass is 10.0. The van der Waals surface area contributed by atoms with E-state index in [4.69, 9.17) is 0 Å². The van der Waals surface area contributed by atoms with Crippen LogP contribution in [0.25, 0.3) is 0 Å². The summed E-state index contributed by atoms with van der Waals surface area (Å²) in [5.74, 6) is 0. The summed E-state index contributed by atoms with van der Waals surface area (Å²) in [6.45, 7) is 1.50. The van der Waals surface area contributed by atoms with E-state index < -0.39 is 10.0 Å². The number of nitrogens with one attached hydrogen (secondary N) is 1. The van der Waals surface area contributed by atoms with Crippen LogP contribution in [-0.4, -0.2) is 38.9 Å². The number of halogens is 1. The van der Waals surface area contributed by atoms with Crippen molar-refractivity contribution in [1.29, 1.82) is 0 Å². The van der Waals surface area contributed by atoms with E-state index in [1.807, 2.05) is 7.05 Å². The first-order chi connectivity index (χ1) is 9.05. The van der Waals surface area contributed by atoms with Crippen molar-refractivity contribution in [3.05, 3.63) is 15.9 Å². The van der Waals surface area contributed by atoms with Crippen molar-refractivity contribution in [3.63, 3.8) is 0 Å². The third kappa shape index (κ3) is 3.58. The quantitative estimate of drug-likeness (QED) is 0.871. The largest absolute Gasteiger partial charge is 0.320 e. The molecule has 1 atom stereocenters. The summed E-state index contributed by atoms with van der Waals surface area (Å²) in [7, 11) is -1.43. The molecule has 1 aliphatic rings. The van der Waals surface area contributed by atoms with Crippen LogP contribution in [0.2, 0.25) is 0 Å². The second-order valence-electron chi connectivity index (χ2n) is 4.72. The number of rotatable bonds is 5. The molecule has 0 amide bonds. The monoisotopic (exact) mass is 366 g/mol. The Balaban J connectivity index is 2.21. The molecule has 0 aliphatic carbocycles. The highest BCUT2D eigenvalue weighted by atomic mass is 79.9. The van der Waals surface area contributed by atoms with Gasteiger partial charge in [0, 0.05) is 12.6 Å². The summed E-state index contributed by atoms with van der Waals surface area (Å²) in [5.41, 5.74) is 0. The fraction of sp³-hybridized carbons (Fsp3) is 0.667. The van der Waals surface area contributed by atoms with Gasteiger partial charge in [0.15, 0.2) is 0 Å². The highest BCUT2D eigenvalue weighted by Crippen LogP contribution is 2.32. The maximum Gasteiger partial charge on any atom is 0.252 e. The lowest BCUT2D eigenvalue weighted by molar-refractivity contribution is 0.241. The molecule has 0 spiro atoms. The first-order valence-corrected chi connectivity index (χ1v) is 9.52. The molecule has 19 heavy (non-hydrogen) atoms. The molecule has 1 unspecified atom stereocenters. The van der Waals surface area contributed by atoms with Crippen LogP contribution in [0.1, 0.15) is 25.7 Å². The number of hydrogen-bond acceptors (Lipinski definition) is 4. The van der Waals surface area contributed by atoms with Crippen molar-refractivity contribution >= 4 is 37.3 Å². The molecule has 1 N–H and O–H groups in total. The van der Waals surface area contributed by atoms with E-state index in [9.17, 15) is 8.42 Å². The van der Waals surface area contributed by atoms with Gasteiger partial charge in [0.25, 0.3) is 10.0 Å². The molecule has 0 bridgehead atoms. The molecule has 2 rings (SSSR count). The first kappa shape index (κ1) is 15.4. The lowest BCUT2D eigenvalue weighted by Crippen LogP contribution is -2.44. The number of nitrogens with zero attached hydrogens (tertiary/aromatic N) is 1. The minimum absolute atomic E-state index is 0.132. The van der Waals surface area contributed by atoms with Crippen LogP contribution < -0.4 is 5.32 Å². The predicted octanol–water partition coefficient (Wildman–Crippen LogP) is 2.66. The summed E-state index contributed by atoms with van der Waals surface area (Å²) in [4.78, 5) is 0. The van der Waals surface area contributed by atoms with Gasteiger partial charge in [0.2, 0.25) is 0 Å². The summed E-state index contributed by atoms with van der Waals surface area (Å²) in [6, 6.07) is 3.62. The average Bonchev–Trinajstić information content (AvgIpc) is 2.84. The Hall–Kier alpha value is 0.0500. The van der Waals surface area contributed by atoms with Gasteiger partial charge < -0.3 is 5.32 Å². The molecule has 1 aliphatic heterocycles. The molecule has 1 saturated heterocycles. The topological polar surface area (TPSA) is 49.4 Å². The van der Waals surface area contributed by atoms with Crippen LogP contribution >= 0.6 is 27.3 Å². The Morgan fingerprint density at radius 2 is 2.26 bits per heavy atom. The summed E-state index contributed by atoms with van der Waals surface area (Å²) >= 11 is 4.62. The van der Waals surface area contributed by atoms with Gasteiger partial charge in [0.1, 0.15) is 4.21 Å². The van der Waals surface area contributed by atoms with Crippen molar-refractivity contribution in [1.82, 2.24) is 9.62 Å². The second-order valence-corrected chi connectivity index (χ2v) is 9.30. The molecule has 0 saturated carbocycles. The molecule has 1 fully saturated rings. The zero-order chi connectivity index (χ0) is 13.9. The number of sulfonamides is 1. The van der Waals surface area contributed by atoms with E-state index in [0.717, 1.165) is 36.0 Å². The average molecular weight is 367 g/mol. The van der Waals surface area contributed by atoms with Crippen molar-refractivity contribution in [2.75, 3.05) is 20.1 Å². The zero-order valence-electron chi connectivity index (χ0n) is 10.9. The van der Waals surface area contributed by atoms with E-state index in [-0.39, 0.29) is 6.04 Å². The molecular formula is C12H19BrN2O2S2. The number of piperidine rings is 1. The minimum atomic E-state index is -3.33. The van der Waals surface area contributed by atoms with Crippen molar-refractivity contribution in [2.45, 2.75) is 35.9 Å². The van der Waals surface area contributed by atoms with E-state index in [2.05, 4.69) is 21.2 Å². The van der Waals surface area contributed by atoms with Crippen LogP contribution in [0.5, 0.6) is 0 Å². The normalized spacial score (nSPS) is 21.7. The van der Waals surface area contributed by atoms with Crippen molar-refractivity contribution in [3.8, 4) is 0 Å².